The predicted octanol–water partition coefficient (Wildman–Crippen LogP) is 5.02. The fourth-order valence-corrected chi connectivity index (χ4v) is 4.29. The Morgan fingerprint density at radius 1 is 1.03 bits per heavy atom. The third kappa shape index (κ3) is 5.86. The summed E-state index contributed by atoms with van der Waals surface area (Å²) in [6.07, 6.45) is 0. The summed E-state index contributed by atoms with van der Waals surface area (Å²) < 4.78 is 5.48. The van der Waals surface area contributed by atoms with Crippen molar-refractivity contribution in [1.82, 2.24) is 15.1 Å². The highest BCUT2D eigenvalue weighted by molar-refractivity contribution is 5.95. The third-order valence-corrected chi connectivity index (χ3v) is 6.07. The van der Waals surface area contributed by atoms with Crippen LogP contribution in [0.2, 0.25) is 0 Å². The molecular formula is C28H37N3O3. The van der Waals surface area contributed by atoms with Crippen molar-refractivity contribution in [2.24, 2.45) is 0 Å². The topological polar surface area (TPSA) is 61.9 Å². The number of amides is 2. The maximum Gasteiger partial charge on any atom is 0.338 e. The molecule has 3 rings (SSSR count). The van der Waals surface area contributed by atoms with E-state index in [2.05, 4.69) is 55.3 Å². The van der Waals surface area contributed by atoms with E-state index >= 15 is 0 Å². The largest absolute Gasteiger partial charge is 0.463 e. The van der Waals surface area contributed by atoms with Gasteiger partial charge in [0.25, 0.3) is 0 Å². The third-order valence-electron chi connectivity index (χ3n) is 6.07. The number of ether oxygens (including phenoxy) is 1. The van der Waals surface area contributed by atoms with E-state index in [9.17, 15) is 9.59 Å². The van der Waals surface area contributed by atoms with Gasteiger partial charge in [-0.2, -0.15) is 0 Å². The van der Waals surface area contributed by atoms with Crippen LogP contribution in [0.1, 0.15) is 57.4 Å². The average molecular weight is 464 g/mol. The first kappa shape index (κ1) is 25.5. The van der Waals surface area contributed by atoms with Crippen LogP contribution in [0.3, 0.4) is 0 Å². The van der Waals surface area contributed by atoms with E-state index in [-0.39, 0.29) is 18.1 Å². The maximum absolute atomic E-state index is 13.2. The Morgan fingerprint density at radius 2 is 1.68 bits per heavy atom. The summed E-state index contributed by atoms with van der Waals surface area (Å²) in [6.45, 7) is 12.1. The molecule has 0 aromatic heterocycles. The van der Waals surface area contributed by atoms with Crippen molar-refractivity contribution in [2.75, 3.05) is 26.7 Å². The van der Waals surface area contributed by atoms with Crippen LogP contribution >= 0.6 is 0 Å². The van der Waals surface area contributed by atoms with Crippen molar-refractivity contribution in [2.45, 2.75) is 52.6 Å². The Labute approximate surface area is 203 Å². The molecule has 2 amide bonds. The van der Waals surface area contributed by atoms with Gasteiger partial charge in [0.2, 0.25) is 0 Å². The lowest BCUT2D eigenvalue weighted by molar-refractivity contribution is -0.139. The molecule has 1 aliphatic rings. The zero-order chi connectivity index (χ0) is 24.9. The second kappa shape index (κ2) is 10.9. The maximum atomic E-state index is 13.2. The van der Waals surface area contributed by atoms with Crippen LogP contribution in [-0.4, -0.2) is 48.5 Å². The van der Waals surface area contributed by atoms with Gasteiger partial charge in [0.1, 0.15) is 0 Å². The van der Waals surface area contributed by atoms with Gasteiger partial charge < -0.3 is 10.1 Å². The van der Waals surface area contributed by atoms with Gasteiger partial charge in [0.05, 0.1) is 18.2 Å². The summed E-state index contributed by atoms with van der Waals surface area (Å²) in [7, 11) is 2.00. The van der Waals surface area contributed by atoms with E-state index in [0.29, 0.717) is 30.9 Å². The van der Waals surface area contributed by atoms with Gasteiger partial charge >= 0.3 is 12.0 Å². The quantitative estimate of drug-likeness (QED) is 0.559. The summed E-state index contributed by atoms with van der Waals surface area (Å²) in [5.41, 5.74) is 4.42. The molecule has 0 saturated heterocycles. The molecule has 0 radical (unpaired) electrons. The molecule has 2 aromatic carbocycles. The molecule has 0 bridgehead atoms. The number of benzene rings is 2. The molecule has 182 valence electrons. The number of rotatable bonds is 8. The fourth-order valence-electron chi connectivity index (χ4n) is 4.29. The fraction of sp³-hybridized carbons (Fsp3) is 0.429. The van der Waals surface area contributed by atoms with E-state index in [1.807, 2.05) is 44.3 Å². The number of urea groups is 1. The number of nitrogens with one attached hydrogen (secondary N) is 1. The standard InChI is InChI=1S/C28H37N3O3/c1-7-31-23(19-30(6)18-20-12-10-9-11-13-20)24(26(32)34-8-2)25(29-27(31)33)21-14-16-22(17-15-21)28(3,4)5/h9-17,25H,7-8,18-19H2,1-6H3,(H,29,33)/t25-/m0/s1. The first-order valence-corrected chi connectivity index (χ1v) is 12.0. The van der Waals surface area contributed by atoms with Crippen molar-refractivity contribution in [1.29, 1.82) is 0 Å². The lowest BCUT2D eigenvalue weighted by Gasteiger charge is -2.37. The molecule has 1 heterocycles. The Kier molecular flexibility index (Phi) is 8.15. The van der Waals surface area contributed by atoms with E-state index in [1.54, 1.807) is 11.8 Å². The monoisotopic (exact) mass is 463 g/mol. The normalized spacial score (nSPS) is 16.6. The molecule has 1 atom stereocenters. The highest BCUT2D eigenvalue weighted by atomic mass is 16.5. The van der Waals surface area contributed by atoms with Crippen LogP contribution in [0.5, 0.6) is 0 Å². The minimum Gasteiger partial charge on any atom is -0.463 e. The molecule has 6 nitrogen and oxygen atoms in total. The van der Waals surface area contributed by atoms with Gasteiger partial charge in [-0.15, -0.1) is 0 Å². The highest BCUT2D eigenvalue weighted by Gasteiger charge is 2.38. The average Bonchev–Trinajstić information content (AvgIpc) is 2.79. The van der Waals surface area contributed by atoms with Crippen LogP contribution < -0.4 is 5.32 Å². The Hall–Kier alpha value is -3.12. The number of carbonyl (C=O) groups is 2. The number of carbonyl (C=O) groups excluding carboxylic acids is 2. The summed E-state index contributed by atoms with van der Waals surface area (Å²) in [4.78, 5) is 30.1. The number of esters is 1. The molecule has 6 heteroatoms. The van der Waals surface area contributed by atoms with E-state index in [4.69, 9.17) is 4.74 Å². The van der Waals surface area contributed by atoms with Crippen LogP contribution in [-0.2, 0) is 21.5 Å². The van der Waals surface area contributed by atoms with Crippen LogP contribution in [0, 0.1) is 0 Å². The molecule has 0 unspecified atom stereocenters. The molecule has 1 aliphatic heterocycles. The second-order valence-electron chi connectivity index (χ2n) is 9.74. The number of nitrogens with zero attached hydrogens (tertiary/aromatic N) is 2. The van der Waals surface area contributed by atoms with Gasteiger partial charge in [0, 0.05) is 25.3 Å². The van der Waals surface area contributed by atoms with Crippen molar-refractivity contribution in [3.8, 4) is 0 Å². The first-order chi connectivity index (χ1) is 16.2. The molecular weight excluding hydrogens is 426 g/mol. The predicted molar refractivity (Wildman–Crippen MR) is 135 cm³/mol. The Morgan fingerprint density at radius 3 is 2.24 bits per heavy atom. The van der Waals surface area contributed by atoms with Crippen molar-refractivity contribution >= 4 is 12.0 Å². The number of hydrogen-bond donors (Lipinski definition) is 1. The van der Waals surface area contributed by atoms with E-state index in [0.717, 1.165) is 5.56 Å². The number of likely N-dealkylation sites (N-methyl/N-ethyl adjacent to an activating group) is 2. The highest BCUT2D eigenvalue weighted by Crippen LogP contribution is 2.33. The summed E-state index contributed by atoms with van der Waals surface area (Å²) >= 11 is 0. The van der Waals surface area contributed by atoms with Gasteiger partial charge in [-0.1, -0.05) is 75.4 Å². The summed E-state index contributed by atoms with van der Waals surface area (Å²) in [5, 5.41) is 3.04. The zero-order valence-corrected chi connectivity index (χ0v) is 21.2. The molecule has 0 spiro atoms. The first-order valence-electron chi connectivity index (χ1n) is 12.0. The minimum atomic E-state index is -0.566. The number of hydrogen-bond acceptors (Lipinski definition) is 4. The van der Waals surface area contributed by atoms with Gasteiger partial charge in [-0.25, -0.2) is 9.59 Å². The second-order valence-corrected chi connectivity index (χ2v) is 9.74. The molecule has 1 N–H and O–H groups in total. The molecule has 2 aromatic rings. The summed E-state index contributed by atoms with van der Waals surface area (Å²) in [6, 6.07) is 17.5. The minimum absolute atomic E-state index is 0.0124. The van der Waals surface area contributed by atoms with Gasteiger partial charge in [0.15, 0.2) is 0 Å². The van der Waals surface area contributed by atoms with Crippen molar-refractivity contribution in [3.05, 3.63) is 82.6 Å². The van der Waals surface area contributed by atoms with Gasteiger partial charge in [-0.3, -0.25) is 9.80 Å². The Balaban J connectivity index is 2.04. The van der Waals surface area contributed by atoms with Crippen LogP contribution in [0.25, 0.3) is 0 Å². The molecule has 0 fully saturated rings. The SMILES string of the molecule is CCOC(=O)C1=C(CN(C)Cc2ccccc2)N(CC)C(=O)N[C@H]1c1ccc(C(C)(C)C)cc1. The van der Waals surface area contributed by atoms with Crippen molar-refractivity contribution < 1.29 is 14.3 Å². The zero-order valence-electron chi connectivity index (χ0n) is 21.2. The lowest BCUT2D eigenvalue weighted by Crippen LogP contribution is -2.50. The van der Waals surface area contributed by atoms with Crippen LogP contribution in [0.15, 0.2) is 65.9 Å². The van der Waals surface area contributed by atoms with Crippen molar-refractivity contribution in [3.63, 3.8) is 0 Å². The lowest BCUT2D eigenvalue weighted by atomic mass is 9.85. The van der Waals surface area contributed by atoms with E-state index < -0.39 is 12.0 Å². The molecule has 0 saturated carbocycles. The summed E-state index contributed by atoms with van der Waals surface area (Å²) in [5.74, 6) is -0.394. The molecule has 34 heavy (non-hydrogen) atoms. The van der Waals surface area contributed by atoms with Gasteiger partial charge in [-0.05, 0) is 43.0 Å². The van der Waals surface area contributed by atoms with Crippen LogP contribution in [0.4, 0.5) is 4.79 Å². The smallest absolute Gasteiger partial charge is 0.338 e. The Bertz CT molecular complexity index is 1020. The van der Waals surface area contributed by atoms with E-state index in [1.165, 1.54) is 11.1 Å². The molecule has 0 aliphatic carbocycles.